The molecular formula is C13H27NOS. The highest BCUT2D eigenvalue weighted by Gasteiger charge is 2.39. The molecule has 0 bridgehead atoms. The quantitative estimate of drug-likeness (QED) is 0.768. The molecule has 1 rings (SSSR count). The maximum atomic E-state index is 6.08. The SMILES string of the molecule is CC(C)(CS)CN1CC(C)(C)OC(C)(C)C1. The van der Waals surface area contributed by atoms with Gasteiger partial charge in [-0.15, -0.1) is 0 Å². The van der Waals surface area contributed by atoms with Crippen molar-refractivity contribution in [3.63, 3.8) is 0 Å². The van der Waals surface area contributed by atoms with Crippen LogP contribution in [-0.4, -0.2) is 41.5 Å². The van der Waals surface area contributed by atoms with Crippen LogP contribution in [-0.2, 0) is 4.74 Å². The third kappa shape index (κ3) is 4.27. The lowest BCUT2D eigenvalue weighted by Gasteiger charge is -2.48. The zero-order valence-corrected chi connectivity index (χ0v) is 12.5. The first-order chi connectivity index (χ1) is 7.05. The Kier molecular flexibility index (Phi) is 4.04. The average Bonchev–Trinajstić information content (AvgIpc) is 1.96. The molecule has 2 nitrogen and oxygen atoms in total. The van der Waals surface area contributed by atoms with Gasteiger partial charge >= 0.3 is 0 Å². The van der Waals surface area contributed by atoms with Crippen LogP contribution in [0.4, 0.5) is 0 Å². The Morgan fingerprint density at radius 3 is 1.94 bits per heavy atom. The molecule has 0 atom stereocenters. The van der Waals surface area contributed by atoms with Crippen LogP contribution in [0.1, 0.15) is 41.5 Å². The predicted octanol–water partition coefficient (Wildman–Crippen LogP) is 2.83. The van der Waals surface area contributed by atoms with E-state index in [1.807, 2.05) is 0 Å². The van der Waals surface area contributed by atoms with Crippen LogP contribution in [0.3, 0.4) is 0 Å². The summed E-state index contributed by atoms with van der Waals surface area (Å²) in [6.07, 6.45) is 0. The van der Waals surface area contributed by atoms with Crippen molar-refractivity contribution >= 4 is 12.6 Å². The molecule has 3 heteroatoms. The van der Waals surface area contributed by atoms with E-state index in [2.05, 4.69) is 59.1 Å². The fraction of sp³-hybridized carbons (Fsp3) is 1.00. The van der Waals surface area contributed by atoms with Crippen LogP contribution in [0.2, 0.25) is 0 Å². The van der Waals surface area contributed by atoms with E-state index in [1.165, 1.54) is 0 Å². The van der Waals surface area contributed by atoms with Gasteiger partial charge in [-0.1, -0.05) is 13.8 Å². The van der Waals surface area contributed by atoms with Gasteiger partial charge in [0.15, 0.2) is 0 Å². The van der Waals surface area contributed by atoms with Gasteiger partial charge in [0.05, 0.1) is 11.2 Å². The molecular weight excluding hydrogens is 218 g/mol. The van der Waals surface area contributed by atoms with Crippen LogP contribution in [0, 0.1) is 5.41 Å². The lowest BCUT2D eigenvalue weighted by Crippen LogP contribution is -2.58. The maximum absolute atomic E-state index is 6.08. The molecule has 1 heterocycles. The summed E-state index contributed by atoms with van der Waals surface area (Å²) in [5.74, 6) is 0.922. The highest BCUT2D eigenvalue weighted by atomic mass is 32.1. The van der Waals surface area contributed by atoms with E-state index >= 15 is 0 Å². The van der Waals surface area contributed by atoms with Crippen molar-refractivity contribution < 1.29 is 4.74 Å². The van der Waals surface area contributed by atoms with Crippen molar-refractivity contribution in [1.82, 2.24) is 4.90 Å². The van der Waals surface area contributed by atoms with E-state index in [9.17, 15) is 0 Å². The van der Waals surface area contributed by atoms with E-state index in [1.54, 1.807) is 0 Å². The van der Waals surface area contributed by atoms with Gasteiger partial charge in [0.2, 0.25) is 0 Å². The Labute approximate surface area is 106 Å². The fourth-order valence-electron chi connectivity index (χ4n) is 2.71. The molecule has 0 N–H and O–H groups in total. The Hall–Kier alpha value is 0.270. The third-order valence-electron chi connectivity index (χ3n) is 2.84. The van der Waals surface area contributed by atoms with Crippen molar-refractivity contribution in [1.29, 1.82) is 0 Å². The Bertz CT molecular complexity index is 232. The molecule has 16 heavy (non-hydrogen) atoms. The van der Waals surface area contributed by atoms with Gasteiger partial charge in [0.1, 0.15) is 0 Å². The molecule has 96 valence electrons. The first kappa shape index (κ1) is 14.3. The van der Waals surface area contributed by atoms with Gasteiger partial charge in [0, 0.05) is 19.6 Å². The number of hydrogen-bond acceptors (Lipinski definition) is 3. The zero-order valence-electron chi connectivity index (χ0n) is 11.6. The fourth-order valence-corrected chi connectivity index (χ4v) is 2.81. The molecule has 0 radical (unpaired) electrons. The average molecular weight is 245 g/mol. The molecule has 0 spiro atoms. The van der Waals surface area contributed by atoms with E-state index in [0.29, 0.717) is 0 Å². The summed E-state index contributed by atoms with van der Waals surface area (Å²) in [5, 5.41) is 0. The third-order valence-corrected chi connectivity index (χ3v) is 3.70. The number of thiol groups is 1. The van der Waals surface area contributed by atoms with Crippen LogP contribution in [0.25, 0.3) is 0 Å². The maximum Gasteiger partial charge on any atom is 0.0760 e. The van der Waals surface area contributed by atoms with Crippen LogP contribution in [0.15, 0.2) is 0 Å². The van der Waals surface area contributed by atoms with Crippen LogP contribution < -0.4 is 0 Å². The molecule has 1 aliphatic rings. The molecule has 0 saturated carbocycles. The Morgan fingerprint density at radius 2 is 1.56 bits per heavy atom. The number of ether oxygens (including phenoxy) is 1. The van der Waals surface area contributed by atoms with Crippen molar-refractivity contribution in [2.24, 2.45) is 5.41 Å². The summed E-state index contributed by atoms with van der Waals surface area (Å²) in [5.41, 5.74) is 0.176. The van der Waals surface area contributed by atoms with Gasteiger partial charge in [-0.05, 0) is 38.9 Å². The summed E-state index contributed by atoms with van der Waals surface area (Å²) in [7, 11) is 0. The second kappa shape index (κ2) is 4.51. The van der Waals surface area contributed by atoms with E-state index < -0.39 is 0 Å². The summed E-state index contributed by atoms with van der Waals surface area (Å²) in [6, 6.07) is 0. The molecule has 1 aliphatic heterocycles. The Balaban J connectivity index is 2.68. The standard InChI is InChI=1S/C13H27NOS/c1-11(2,10-16)7-14-8-12(3,4)15-13(5,6)9-14/h16H,7-10H2,1-6H3. The molecule has 1 fully saturated rings. The second-order valence-corrected chi connectivity index (χ2v) is 7.41. The molecule has 0 amide bonds. The van der Waals surface area contributed by atoms with E-state index in [-0.39, 0.29) is 16.6 Å². The van der Waals surface area contributed by atoms with Crippen molar-refractivity contribution in [3.8, 4) is 0 Å². The van der Waals surface area contributed by atoms with Gasteiger partial charge in [-0.2, -0.15) is 12.6 Å². The second-order valence-electron chi connectivity index (χ2n) is 7.09. The van der Waals surface area contributed by atoms with Crippen molar-refractivity contribution in [2.45, 2.75) is 52.7 Å². The Morgan fingerprint density at radius 1 is 1.12 bits per heavy atom. The summed E-state index contributed by atoms with van der Waals surface area (Å²) >= 11 is 4.43. The molecule has 1 saturated heterocycles. The summed E-state index contributed by atoms with van der Waals surface area (Å²) in [4.78, 5) is 2.51. The monoisotopic (exact) mass is 245 g/mol. The zero-order chi connectivity index (χ0) is 12.6. The van der Waals surface area contributed by atoms with Gasteiger partial charge in [-0.3, -0.25) is 4.90 Å². The number of hydrogen-bond donors (Lipinski definition) is 1. The van der Waals surface area contributed by atoms with Crippen LogP contribution >= 0.6 is 12.6 Å². The first-order valence-electron chi connectivity index (χ1n) is 6.09. The minimum Gasteiger partial charge on any atom is -0.367 e. The molecule has 0 aromatic carbocycles. The minimum absolute atomic E-state index is 0.0472. The highest BCUT2D eigenvalue weighted by molar-refractivity contribution is 7.80. The molecule has 0 aromatic rings. The molecule has 0 aliphatic carbocycles. The van der Waals surface area contributed by atoms with Crippen molar-refractivity contribution in [2.75, 3.05) is 25.4 Å². The largest absolute Gasteiger partial charge is 0.367 e. The number of nitrogens with zero attached hydrogens (tertiary/aromatic N) is 1. The van der Waals surface area contributed by atoms with Crippen LogP contribution in [0.5, 0.6) is 0 Å². The molecule has 0 unspecified atom stereocenters. The lowest BCUT2D eigenvalue weighted by molar-refractivity contribution is -0.183. The number of morpholine rings is 1. The predicted molar refractivity (Wildman–Crippen MR) is 73.3 cm³/mol. The smallest absolute Gasteiger partial charge is 0.0760 e. The van der Waals surface area contributed by atoms with Gasteiger partial charge < -0.3 is 4.74 Å². The van der Waals surface area contributed by atoms with E-state index in [4.69, 9.17) is 4.74 Å². The normalized spacial score (nSPS) is 25.7. The lowest BCUT2D eigenvalue weighted by atomic mass is 9.92. The minimum atomic E-state index is -0.0472. The van der Waals surface area contributed by atoms with Gasteiger partial charge in [-0.25, -0.2) is 0 Å². The van der Waals surface area contributed by atoms with Crippen molar-refractivity contribution in [3.05, 3.63) is 0 Å². The number of rotatable bonds is 3. The first-order valence-corrected chi connectivity index (χ1v) is 6.72. The molecule has 0 aromatic heterocycles. The highest BCUT2D eigenvalue weighted by Crippen LogP contribution is 2.30. The summed E-state index contributed by atoms with van der Waals surface area (Å²) in [6.45, 7) is 16.4. The van der Waals surface area contributed by atoms with Gasteiger partial charge in [0.25, 0.3) is 0 Å². The van der Waals surface area contributed by atoms with E-state index in [0.717, 1.165) is 25.4 Å². The summed E-state index contributed by atoms with van der Waals surface area (Å²) < 4.78 is 6.08. The topological polar surface area (TPSA) is 12.5 Å².